The smallest absolute Gasteiger partial charge is 0.291 e. The number of benzene rings is 3. The molecule has 1 unspecified atom stereocenters. The highest BCUT2D eigenvalue weighted by atomic mass is 35.5. The van der Waals surface area contributed by atoms with Crippen LogP contribution in [-0.2, 0) is 11.2 Å². The van der Waals surface area contributed by atoms with E-state index in [1.165, 1.54) is 0 Å². The molecule has 0 aliphatic rings. The Balaban J connectivity index is 1.34. The molecule has 2 amide bonds. The third kappa shape index (κ3) is 5.13. The van der Waals surface area contributed by atoms with Crippen LogP contribution in [0.5, 0.6) is 0 Å². The normalized spacial score (nSPS) is 11.8. The minimum absolute atomic E-state index is 0.0912. The van der Waals surface area contributed by atoms with Crippen LogP contribution in [-0.4, -0.2) is 11.8 Å². The van der Waals surface area contributed by atoms with Crippen LogP contribution in [0.2, 0.25) is 5.02 Å². The summed E-state index contributed by atoms with van der Waals surface area (Å²) in [7, 11) is 0. The van der Waals surface area contributed by atoms with E-state index in [2.05, 4.69) is 10.6 Å². The molecule has 0 spiro atoms. The van der Waals surface area contributed by atoms with Crippen LogP contribution in [0.15, 0.2) is 83.3 Å². The van der Waals surface area contributed by atoms with Gasteiger partial charge in [-0.3, -0.25) is 9.59 Å². The van der Waals surface area contributed by atoms with Gasteiger partial charge in [-0.15, -0.1) is 0 Å². The lowest BCUT2D eigenvalue weighted by atomic mass is 10.1. The SMILES string of the molecule is CC(NC(=O)Cc1ccc(NC(=O)c2cc3ccccc3o2)cc1)c1cccc(Cl)c1. The van der Waals surface area contributed by atoms with Gasteiger partial charge in [-0.25, -0.2) is 0 Å². The van der Waals surface area contributed by atoms with Gasteiger partial charge in [-0.05, 0) is 54.4 Å². The maximum Gasteiger partial charge on any atom is 0.291 e. The topological polar surface area (TPSA) is 71.3 Å². The van der Waals surface area contributed by atoms with Gasteiger partial charge in [0, 0.05) is 16.1 Å². The number of hydrogen-bond acceptors (Lipinski definition) is 3. The number of nitrogens with one attached hydrogen (secondary N) is 2. The molecule has 1 atom stereocenters. The summed E-state index contributed by atoms with van der Waals surface area (Å²) in [4.78, 5) is 24.8. The van der Waals surface area contributed by atoms with Crippen LogP contribution >= 0.6 is 11.6 Å². The first-order chi connectivity index (χ1) is 15.0. The number of anilines is 1. The molecule has 0 fully saturated rings. The predicted molar refractivity (Wildman–Crippen MR) is 122 cm³/mol. The lowest BCUT2D eigenvalue weighted by Gasteiger charge is -2.15. The van der Waals surface area contributed by atoms with E-state index in [9.17, 15) is 9.59 Å². The lowest BCUT2D eigenvalue weighted by Crippen LogP contribution is -2.28. The van der Waals surface area contributed by atoms with Crippen LogP contribution in [0.4, 0.5) is 5.69 Å². The van der Waals surface area contributed by atoms with Crippen LogP contribution in [0.1, 0.15) is 34.6 Å². The van der Waals surface area contributed by atoms with Crippen molar-refractivity contribution < 1.29 is 14.0 Å². The number of hydrogen-bond donors (Lipinski definition) is 2. The zero-order valence-electron chi connectivity index (χ0n) is 16.9. The number of para-hydroxylation sites is 1. The largest absolute Gasteiger partial charge is 0.451 e. The van der Waals surface area contributed by atoms with Crippen molar-refractivity contribution in [3.8, 4) is 0 Å². The summed E-state index contributed by atoms with van der Waals surface area (Å²) in [5.41, 5.74) is 3.09. The highest BCUT2D eigenvalue weighted by Gasteiger charge is 2.13. The number of carbonyl (C=O) groups is 2. The third-order valence-electron chi connectivity index (χ3n) is 4.95. The average molecular weight is 433 g/mol. The lowest BCUT2D eigenvalue weighted by molar-refractivity contribution is -0.121. The average Bonchev–Trinajstić information content (AvgIpc) is 3.19. The van der Waals surface area contributed by atoms with Crippen molar-refractivity contribution in [3.05, 3.63) is 101 Å². The summed E-state index contributed by atoms with van der Waals surface area (Å²) >= 11 is 6.02. The first-order valence-corrected chi connectivity index (χ1v) is 10.3. The fourth-order valence-electron chi connectivity index (χ4n) is 3.33. The van der Waals surface area contributed by atoms with Crippen LogP contribution in [0.3, 0.4) is 0 Å². The molecule has 2 N–H and O–H groups in total. The highest BCUT2D eigenvalue weighted by molar-refractivity contribution is 6.30. The van der Waals surface area contributed by atoms with E-state index in [0.717, 1.165) is 16.5 Å². The van der Waals surface area contributed by atoms with Crippen molar-refractivity contribution in [1.29, 1.82) is 0 Å². The van der Waals surface area contributed by atoms with Crippen molar-refractivity contribution in [2.24, 2.45) is 0 Å². The summed E-state index contributed by atoms with van der Waals surface area (Å²) in [5, 5.41) is 7.30. The van der Waals surface area contributed by atoms with E-state index >= 15 is 0 Å². The number of halogens is 1. The number of rotatable bonds is 6. The van der Waals surface area contributed by atoms with Gasteiger partial charge in [-0.2, -0.15) is 0 Å². The molecule has 0 saturated carbocycles. The molecule has 6 heteroatoms. The van der Waals surface area contributed by atoms with Gasteiger partial charge in [0.15, 0.2) is 5.76 Å². The molecule has 31 heavy (non-hydrogen) atoms. The monoisotopic (exact) mass is 432 g/mol. The van der Waals surface area contributed by atoms with Gasteiger partial charge in [-0.1, -0.05) is 54.1 Å². The third-order valence-corrected chi connectivity index (χ3v) is 5.19. The molecule has 3 aromatic carbocycles. The molecule has 4 aromatic rings. The molecule has 1 heterocycles. The molecule has 0 bridgehead atoms. The molecule has 0 saturated heterocycles. The van der Waals surface area contributed by atoms with E-state index in [1.807, 2.05) is 61.5 Å². The second-order valence-corrected chi connectivity index (χ2v) is 7.76. The van der Waals surface area contributed by atoms with Crippen LogP contribution < -0.4 is 10.6 Å². The fraction of sp³-hybridized carbons (Fsp3) is 0.120. The van der Waals surface area contributed by atoms with Crippen molar-refractivity contribution in [3.63, 3.8) is 0 Å². The standard InChI is InChI=1S/C25H21ClN2O3/c1-16(18-6-4-7-20(26)14-18)27-24(29)13-17-9-11-21(12-10-17)28-25(30)23-15-19-5-2-3-8-22(19)31-23/h2-12,14-16H,13H2,1H3,(H,27,29)(H,28,30). The Hall–Kier alpha value is -3.57. The molecule has 1 aromatic heterocycles. The van der Waals surface area contributed by atoms with Gasteiger partial charge in [0.25, 0.3) is 5.91 Å². The molecular formula is C25H21ClN2O3. The summed E-state index contributed by atoms with van der Waals surface area (Å²) in [6, 6.07) is 23.6. The van der Waals surface area contributed by atoms with E-state index < -0.39 is 0 Å². The Morgan fingerprint density at radius 2 is 1.74 bits per heavy atom. The molecule has 0 radical (unpaired) electrons. The Labute approximate surface area is 185 Å². The fourth-order valence-corrected chi connectivity index (χ4v) is 3.53. The first-order valence-electron chi connectivity index (χ1n) is 9.91. The minimum Gasteiger partial charge on any atom is -0.451 e. The Morgan fingerprint density at radius 1 is 0.968 bits per heavy atom. The summed E-state index contributed by atoms with van der Waals surface area (Å²) < 4.78 is 5.59. The quantitative estimate of drug-likeness (QED) is 0.407. The molecule has 5 nitrogen and oxygen atoms in total. The number of furan rings is 1. The predicted octanol–water partition coefficient (Wildman–Crippen LogP) is 5.76. The van der Waals surface area contributed by atoms with Gasteiger partial charge >= 0.3 is 0 Å². The van der Waals surface area contributed by atoms with Crippen LogP contribution in [0.25, 0.3) is 11.0 Å². The maximum atomic E-state index is 12.4. The Kier molecular flexibility index (Phi) is 6.05. The van der Waals surface area contributed by atoms with Crippen molar-refractivity contribution in [2.75, 3.05) is 5.32 Å². The summed E-state index contributed by atoms with van der Waals surface area (Å²) in [6.07, 6.45) is 0.239. The van der Waals surface area contributed by atoms with Gasteiger partial charge in [0.05, 0.1) is 12.5 Å². The minimum atomic E-state index is -0.322. The van der Waals surface area contributed by atoms with Crippen molar-refractivity contribution in [2.45, 2.75) is 19.4 Å². The summed E-state index contributed by atoms with van der Waals surface area (Å²) in [6.45, 7) is 1.92. The van der Waals surface area contributed by atoms with E-state index in [1.54, 1.807) is 24.3 Å². The van der Waals surface area contributed by atoms with Crippen molar-refractivity contribution >= 4 is 40.1 Å². The molecule has 4 rings (SSSR count). The van der Waals surface area contributed by atoms with Gasteiger partial charge < -0.3 is 15.1 Å². The molecule has 0 aliphatic carbocycles. The van der Waals surface area contributed by atoms with E-state index in [-0.39, 0.29) is 30.0 Å². The second-order valence-electron chi connectivity index (χ2n) is 7.32. The zero-order valence-corrected chi connectivity index (χ0v) is 17.6. The number of carbonyl (C=O) groups excluding carboxylic acids is 2. The molecular weight excluding hydrogens is 412 g/mol. The molecule has 156 valence electrons. The van der Waals surface area contributed by atoms with E-state index in [0.29, 0.717) is 16.3 Å². The maximum absolute atomic E-state index is 12.4. The van der Waals surface area contributed by atoms with Gasteiger partial charge in [0.1, 0.15) is 5.58 Å². The highest BCUT2D eigenvalue weighted by Crippen LogP contribution is 2.21. The van der Waals surface area contributed by atoms with Gasteiger partial charge in [0.2, 0.25) is 5.91 Å². The second kappa shape index (κ2) is 9.06. The Morgan fingerprint density at radius 3 is 2.48 bits per heavy atom. The van der Waals surface area contributed by atoms with E-state index in [4.69, 9.17) is 16.0 Å². The van der Waals surface area contributed by atoms with Crippen LogP contribution in [0, 0.1) is 0 Å². The number of fused-ring (bicyclic) bond motifs is 1. The summed E-state index contributed by atoms with van der Waals surface area (Å²) in [5.74, 6) is -0.164. The van der Waals surface area contributed by atoms with Crippen molar-refractivity contribution in [1.82, 2.24) is 5.32 Å². The zero-order chi connectivity index (χ0) is 21.8. The first kappa shape index (κ1) is 20.7. The number of amides is 2. The molecule has 0 aliphatic heterocycles. The Bertz CT molecular complexity index is 1200.